The summed E-state index contributed by atoms with van der Waals surface area (Å²) in [5.74, 6) is -16.4. The standard InChI is InChI=1S/C11H18F8Si/c1-8(12,13)5-10(16,17)7-11(18,19)6-9(14,15)3-4-20-2/h3-7,20H2,1-2H3. The predicted molar refractivity (Wildman–Crippen MR) is 63.1 cm³/mol. The van der Waals surface area contributed by atoms with Gasteiger partial charge in [-0.1, -0.05) is 12.6 Å². The molecule has 122 valence electrons. The van der Waals surface area contributed by atoms with Gasteiger partial charge in [0.2, 0.25) is 0 Å². The molecule has 0 nitrogen and oxygen atoms in total. The van der Waals surface area contributed by atoms with Gasteiger partial charge in [-0.3, -0.25) is 0 Å². The van der Waals surface area contributed by atoms with Crippen molar-refractivity contribution in [2.45, 2.75) is 68.9 Å². The minimum absolute atomic E-state index is 0.118. The van der Waals surface area contributed by atoms with Crippen LogP contribution in [-0.2, 0) is 0 Å². The Morgan fingerprint density at radius 1 is 0.700 bits per heavy atom. The predicted octanol–water partition coefficient (Wildman–Crippen LogP) is 4.74. The summed E-state index contributed by atoms with van der Waals surface area (Å²) in [5, 5.41) is 0. The van der Waals surface area contributed by atoms with Gasteiger partial charge < -0.3 is 0 Å². The van der Waals surface area contributed by atoms with Crippen molar-refractivity contribution in [3.8, 4) is 0 Å². The van der Waals surface area contributed by atoms with Crippen molar-refractivity contribution in [1.82, 2.24) is 0 Å². The molecule has 9 heteroatoms. The summed E-state index contributed by atoms with van der Waals surface area (Å²) in [6, 6.07) is 0.118. The van der Waals surface area contributed by atoms with Gasteiger partial charge in [0.1, 0.15) is 0 Å². The van der Waals surface area contributed by atoms with Crippen molar-refractivity contribution < 1.29 is 35.1 Å². The summed E-state index contributed by atoms with van der Waals surface area (Å²) < 4.78 is 104. The molecule has 0 unspecified atom stereocenters. The highest BCUT2D eigenvalue weighted by Crippen LogP contribution is 2.43. The first kappa shape index (κ1) is 19.7. The van der Waals surface area contributed by atoms with Gasteiger partial charge in [0.25, 0.3) is 23.7 Å². The quantitative estimate of drug-likeness (QED) is 0.423. The maximum atomic E-state index is 13.2. The molecule has 0 aromatic carbocycles. The van der Waals surface area contributed by atoms with E-state index in [4.69, 9.17) is 0 Å². The van der Waals surface area contributed by atoms with Crippen LogP contribution in [0.1, 0.15) is 32.6 Å². The maximum Gasteiger partial charge on any atom is 0.259 e. The van der Waals surface area contributed by atoms with E-state index in [0.29, 0.717) is 0 Å². The average Bonchev–Trinajstić information content (AvgIpc) is 2.05. The van der Waals surface area contributed by atoms with E-state index in [1.165, 1.54) is 0 Å². The van der Waals surface area contributed by atoms with Crippen LogP contribution in [0.5, 0.6) is 0 Å². The van der Waals surface area contributed by atoms with Crippen LogP contribution in [0, 0.1) is 0 Å². The molecule has 0 aliphatic carbocycles. The summed E-state index contributed by atoms with van der Waals surface area (Å²) >= 11 is 0. The van der Waals surface area contributed by atoms with Gasteiger partial charge in [-0.05, 0) is 6.92 Å². The smallest absolute Gasteiger partial charge is 0.207 e. The number of halogens is 8. The van der Waals surface area contributed by atoms with Crippen molar-refractivity contribution >= 4 is 9.52 Å². The fourth-order valence-electron chi connectivity index (χ4n) is 1.86. The molecule has 0 bridgehead atoms. The summed E-state index contributed by atoms with van der Waals surface area (Å²) in [4.78, 5) is 0. The van der Waals surface area contributed by atoms with Gasteiger partial charge in [-0.25, -0.2) is 35.1 Å². The zero-order chi connectivity index (χ0) is 16.2. The monoisotopic (exact) mass is 330 g/mol. The molecule has 0 aromatic heterocycles. The van der Waals surface area contributed by atoms with Crippen LogP contribution in [0.3, 0.4) is 0 Å². The highest BCUT2D eigenvalue weighted by atomic mass is 28.2. The Morgan fingerprint density at radius 3 is 1.50 bits per heavy atom. The Kier molecular flexibility index (Phi) is 6.50. The number of alkyl halides is 8. The lowest BCUT2D eigenvalue weighted by molar-refractivity contribution is -0.176. The fourth-order valence-corrected chi connectivity index (χ4v) is 2.73. The van der Waals surface area contributed by atoms with E-state index in [0.717, 1.165) is 0 Å². The van der Waals surface area contributed by atoms with Crippen LogP contribution in [0.25, 0.3) is 0 Å². The van der Waals surface area contributed by atoms with Crippen molar-refractivity contribution in [1.29, 1.82) is 0 Å². The number of hydrogen-bond acceptors (Lipinski definition) is 0. The second-order valence-electron chi connectivity index (χ2n) is 5.27. The lowest BCUT2D eigenvalue weighted by Crippen LogP contribution is -2.37. The van der Waals surface area contributed by atoms with Crippen LogP contribution in [-0.4, -0.2) is 33.2 Å². The Hall–Kier alpha value is -0.343. The van der Waals surface area contributed by atoms with Gasteiger partial charge in [-0.2, -0.15) is 0 Å². The van der Waals surface area contributed by atoms with Crippen LogP contribution >= 0.6 is 0 Å². The topological polar surface area (TPSA) is 0 Å². The van der Waals surface area contributed by atoms with Crippen molar-refractivity contribution in [2.24, 2.45) is 0 Å². The van der Waals surface area contributed by atoms with Crippen LogP contribution < -0.4 is 0 Å². The molecule has 0 saturated heterocycles. The Labute approximate surface area is 114 Å². The summed E-state index contributed by atoms with van der Waals surface area (Å²) in [6.07, 6.45) is -7.17. The van der Waals surface area contributed by atoms with E-state index in [2.05, 4.69) is 0 Å². The normalized spacial score (nSPS) is 15.3. The third kappa shape index (κ3) is 9.54. The molecule has 0 heterocycles. The van der Waals surface area contributed by atoms with Crippen LogP contribution in [0.2, 0.25) is 12.6 Å². The number of rotatable bonds is 9. The molecular formula is C11H18F8Si. The molecule has 0 aliphatic rings. The second kappa shape index (κ2) is 6.61. The summed E-state index contributed by atoms with van der Waals surface area (Å²) in [7, 11) is -0.748. The van der Waals surface area contributed by atoms with Crippen molar-refractivity contribution in [3.05, 3.63) is 0 Å². The van der Waals surface area contributed by atoms with E-state index in [-0.39, 0.29) is 13.0 Å². The molecule has 0 fully saturated rings. The lowest BCUT2D eigenvalue weighted by Gasteiger charge is -2.27. The third-order valence-electron chi connectivity index (χ3n) is 2.50. The molecule has 0 radical (unpaired) electrons. The van der Waals surface area contributed by atoms with Gasteiger partial charge in [0.15, 0.2) is 0 Å². The van der Waals surface area contributed by atoms with E-state index in [1.807, 2.05) is 0 Å². The van der Waals surface area contributed by atoms with Crippen molar-refractivity contribution in [2.75, 3.05) is 0 Å². The first-order chi connectivity index (χ1) is 8.68. The van der Waals surface area contributed by atoms with E-state index < -0.39 is 58.9 Å². The molecule has 0 aliphatic heterocycles. The van der Waals surface area contributed by atoms with E-state index >= 15 is 0 Å². The highest BCUT2D eigenvalue weighted by Gasteiger charge is 2.51. The van der Waals surface area contributed by atoms with Crippen molar-refractivity contribution in [3.63, 3.8) is 0 Å². The first-order valence-electron chi connectivity index (χ1n) is 6.19. The first-order valence-corrected chi connectivity index (χ1v) is 8.61. The summed E-state index contributed by atoms with van der Waals surface area (Å²) in [5.41, 5.74) is 0. The lowest BCUT2D eigenvalue weighted by atomic mass is 9.98. The molecule has 0 atom stereocenters. The maximum absolute atomic E-state index is 13.2. The molecular weight excluding hydrogens is 312 g/mol. The molecule has 0 saturated carbocycles. The van der Waals surface area contributed by atoms with E-state index in [9.17, 15) is 35.1 Å². The average molecular weight is 330 g/mol. The molecule has 0 aromatic rings. The van der Waals surface area contributed by atoms with Crippen LogP contribution in [0.4, 0.5) is 35.1 Å². The molecule has 20 heavy (non-hydrogen) atoms. The minimum Gasteiger partial charge on any atom is -0.207 e. The Bertz CT molecular complexity index is 297. The zero-order valence-corrected chi connectivity index (χ0v) is 12.7. The largest absolute Gasteiger partial charge is 0.259 e. The van der Waals surface area contributed by atoms with Gasteiger partial charge in [0.05, 0.1) is 19.3 Å². The third-order valence-corrected chi connectivity index (χ3v) is 3.56. The second-order valence-corrected chi connectivity index (χ2v) is 6.98. The summed E-state index contributed by atoms with van der Waals surface area (Å²) in [6.45, 7) is 1.88. The van der Waals surface area contributed by atoms with Gasteiger partial charge >= 0.3 is 0 Å². The van der Waals surface area contributed by atoms with Crippen LogP contribution in [0.15, 0.2) is 0 Å². The van der Waals surface area contributed by atoms with Gasteiger partial charge in [0, 0.05) is 15.9 Å². The SMILES string of the molecule is C[SiH2]CCC(F)(F)CC(F)(F)CC(F)(F)CC(C)(F)F. The molecule has 0 spiro atoms. The minimum atomic E-state index is -4.39. The number of hydrogen-bond donors (Lipinski definition) is 0. The highest BCUT2D eigenvalue weighted by molar-refractivity contribution is 6.33. The molecule has 0 amide bonds. The Morgan fingerprint density at radius 2 is 1.10 bits per heavy atom. The zero-order valence-electron chi connectivity index (χ0n) is 11.3. The van der Waals surface area contributed by atoms with E-state index in [1.54, 1.807) is 6.55 Å². The fraction of sp³-hybridized carbons (Fsp3) is 1.00. The van der Waals surface area contributed by atoms with Gasteiger partial charge in [-0.15, -0.1) is 0 Å². The molecule has 0 N–H and O–H groups in total. The Balaban J connectivity index is 4.65. The molecule has 0 rings (SSSR count).